The average molecular weight is 333 g/mol. The lowest BCUT2D eigenvalue weighted by molar-refractivity contribution is -0.123. The van der Waals surface area contributed by atoms with Crippen molar-refractivity contribution in [2.45, 2.75) is 25.3 Å². The van der Waals surface area contributed by atoms with Crippen LogP contribution in [-0.2, 0) is 22.4 Å². The highest BCUT2D eigenvalue weighted by molar-refractivity contribution is 5.29. The first-order chi connectivity index (χ1) is 11.7. The molecule has 1 unspecified atom stereocenters. The van der Waals surface area contributed by atoms with Crippen molar-refractivity contribution in [3.05, 3.63) is 65.5 Å². The van der Waals surface area contributed by atoms with E-state index in [-0.39, 0.29) is 11.9 Å². The summed E-state index contributed by atoms with van der Waals surface area (Å²) >= 11 is 0. The van der Waals surface area contributed by atoms with Crippen LogP contribution in [0.3, 0.4) is 0 Å². The number of ether oxygens (including phenoxy) is 3. The molecule has 0 bridgehead atoms. The summed E-state index contributed by atoms with van der Waals surface area (Å²) in [5.41, 5.74) is 1.97. The van der Waals surface area contributed by atoms with Gasteiger partial charge in [-0.05, 0) is 29.7 Å². The van der Waals surface area contributed by atoms with E-state index in [4.69, 9.17) is 14.2 Å². The Morgan fingerprint density at radius 3 is 2.29 bits per heavy atom. The summed E-state index contributed by atoms with van der Waals surface area (Å²) in [7, 11) is 4.74. The Bertz CT molecular complexity index is 617. The van der Waals surface area contributed by atoms with Gasteiger partial charge in [-0.2, -0.15) is 0 Å². The number of methoxy groups -OCH3 is 3. The van der Waals surface area contributed by atoms with Crippen LogP contribution in [0.25, 0.3) is 0 Å². The molecule has 0 amide bonds. The first kappa shape index (κ1) is 18.4. The molecule has 2 aromatic rings. The maximum Gasteiger partial charge on any atom is 0.172 e. The summed E-state index contributed by atoms with van der Waals surface area (Å²) in [5, 5.41) is 3.39. The largest absolute Gasteiger partial charge is 0.497 e. The Kier molecular flexibility index (Phi) is 7.18. The summed E-state index contributed by atoms with van der Waals surface area (Å²) in [4.78, 5) is 0. The number of hydrogen-bond donors (Lipinski definition) is 1. The Balaban J connectivity index is 2.09. The molecule has 0 saturated heterocycles. The number of rotatable bonds is 9. The number of nitrogens with one attached hydrogen (secondary N) is 1. The van der Waals surface area contributed by atoms with Gasteiger partial charge in [-0.25, -0.2) is 4.39 Å². The van der Waals surface area contributed by atoms with Gasteiger partial charge in [0.15, 0.2) is 6.29 Å². The zero-order chi connectivity index (χ0) is 17.4. The monoisotopic (exact) mass is 333 g/mol. The minimum absolute atomic E-state index is 0.0725. The second-order valence-corrected chi connectivity index (χ2v) is 5.52. The van der Waals surface area contributed by atoms with Crippen molar-refractivity contribution in [3.63, 3.8) is 0 Å². The van der Waals surface area contributed by atoms with Crippen LogP contribution < -0.4 is 10.1 Å². The second kappa shape index (κ2) is 9.37. The van der Waals surface area contributed by atoms with E-state index in [0.29, 0.717) is 12.3 Å². The van der Waals surface area contributed by atoms with E-state index in [1.54, 1.807) is 14.2 Å². The first-order valence-electron chi connectivity index (χ1n) is 7.82. The molecule has 0 saturated carbocycles. The molecular weight excluding hydrogens is 309 g/mol. The Morgan fingerprint density at radius 2 is 1.67 bits per heavy atom. The van der Waals surface area contributed by atoms with E-state index in [2.05, 4.69) is 17.4 Å². The van der Waals surface area contributed by atoms with Crippen molar-refractivity contribution < 1.29 is 18.6 Å². The molecule has 2 aromatic carbocycles. The fourth-order valence-electron chi connectivity index (χ4n) is 2.65. The quantitative estimate of drug-likeness (QED) is 0.716. The maximum absolute atomic E-state index is 13.6. The highest BCUT2D eigenvalue weighted by atomic mass is 19.1. The zero-order valence-electron chi connectivity index (χ0n) is 14.3. The summed E-state index contributed by atoms with van der Waals surface area (Å²) in [6.07, 6.45) is 0.334. The van der Waals surface area contributed by atoms with Crippen LogP contribution in [0.2, 0.25) is 0 Å². The smallest absolute Gasteiger partial charge is 0.172 e. The Morgan fingerprint density at radius 1 is 0.958 bits per heavy atom. The van der Waals surface area contributed by atoms with Gasteiger partial charge in [0.05, 0.1) is 13.2 Å². The van der Waals surface area contributed by atoms with Crippen molar-refractivity contribution >= 4 is 0 Å². The molecule has 0 radical (unpaired) electrons. The van der Waals surface area contributed by atoms with Gasteiger partial charge in [-0.3, -0.25) is 0 Å². The van der Waals surface area contributed by atoms with Crippen molar-refractivity contribution in [1.82, 2.24) is 5.32 Å². The van der Waals surface area contributed by atoms with Gasteiger partial charge < -0.3 is 19.5 Å². The number of benzene rings is 2. The molecule has 130 valence electrons. The third-order valence-electron chi connectivity index (χ3n) is 3.83. The zero-order valence-corrected chi connectivity index (χ0v) is 14.3. The molecule has 24 heavy (non-hydrogen) atoms. The molecule has 0 aliphatic rings. The van der Waals surface area contributed by atoms with Crippen LogP contribution in [0.5, 0.6) is 5.75 Å². The molecule has 0 spiro atoms. The fourth-order valence-corrected chi connectivity index (χ4v) is 2.65. The molecule has 5 heteroatoms. The third-order valence-corrected chi connectivity index (χ3v) is 3.83. The number of hydrogen-bond acceptors (Lipinski definition) is 4. The minimum atomic E-state index is -0.402. The van der Waals surface area contributed by atoms with Gasteiger partial charge >= 0.3 is 0 Å². The lowest BCUT2D eigenvalue weighted by atomic mass is 10.0. The standard InChI is InChI=1S/C19H24FNO3/c1-22-17-10-15(9-16(20)12-17)13-21-18(19(23-2)24-3)11-14-7-5-4-6-8-14/h4-10,12,18-19,21H,11,13H2,1-3H3. The predicted molar refractivity (Wildman–Crippen MR) is 91.5 cm³/mol. The highest BCUT2D eigenvalue weighted by Gasteiger charge is 2.21. The van der Waals surface area contributed by atoms with E-state index in [1.165, 1.54) is 24.8 Å². The van der Waals surface area contributed by atoms with Crippen LogP contribution in [0.1, 0.15) is 11.1 Å². The van der Waals surface area contributed by atoms with Crippen LogP contribution in [0, 0.1) is 5.82 Å². The van der Waals surface area contributed by atoms with Crippen molar-refractivity contribution in [2.75, 3.05) is 21.3 Å². The third kappa shape index (κ3) is 5.30. The van der Waals surface area contributed by atoms with Gasteiger partial charge in [-0.15, -0.1) is 0 Å². The first-order valence-corrected chi connectivity index (χ1v) is 7.82. The van der Waals surface area contributed by atoms with E-state index in [0.717, 1.165) is 12.0 Å². The molecule has 0 heterocycles. The molecule has 0 aliphatic heterocycles. The summed E-state index contributed by atoms with van der Waals surface area (Å²) in [5.74, 6) is 0.183. The van der Waals surface area contributed by atoms with Crippen LogP contribution in [0.15, 0.2) is 48.5 Å². The molecule has 0 aromatic heterocycles. The topological polar surface area (TPSA) is 39.7 Å². The molecule has 1 N–H and O–H groups in total. The predicted octanol–water partition coefficient (Wildman–Crippen LogP) is 3.15. The average Bonchev–Trinajstić information content (AvgIpc) is 2.61. The fraction of sp³-hybridized carbons (Fsp3) is 0.368. The van der Waals surface area contributed by atoms with Gasteiger partial charge in [0.25, 0.3) is 0 Å². The summed E-state index contributed by atoms with van der Waals surface area (Å²) < 4.78 is 29.5. The van der Waals surface area contributed by atoms with Gasteiger partial charge in [-0.1, -0.05) is 30.3 Å². The van der Waals surface area contributed by atoms with E-state index in [1.807, 2.05) is 24.3 Å². The molecule has 2 rings (SSSR count). The molecular formula is C19H24FNO3. The Labute approximate surface area is 142 Å². The van der Waals surface area contributed by atoms with Crippen LogP contribution in [-0.4, -0.2) is 33.7 Å². The van der Waals surface area contributed by atoms with Crippen molar-refractivity contribution in [1.29, 1.82) is 0 Å². The normalized spacial score (nSPS) is 12.4. The maximum atomic E-state index is 13.6. The second-order valence-electron chi connectivity index (χ2n) is 5.52. The lowest BCUT2D eigenvalue weighted by Crippen LogP contribution is -2.43. The van der Waals surface area contributed by atoms with E-state index in [9.17, 15) is 4.39 Å². The molecule has 1 atom stereocenters. The van der Waals surface area contributed by atoms with Crippen molar-refractivity contribution in [3.8, 4) is 5.75 Å². The highest BCUT2D eigenvalue weighted by Crippen LogP contribution is 2.17. The van der Waals surface area contributed by atoms with Crippen molar-refractivity contribution in [2.24, 2.45) is 0 Å². The van der Waals surface area contributed by atoms with E-state index >= 15 is 0 Å². The Hall–Kier alpha value is -1.95. The molecule has 4 nitrogen and oxygen atoms in total. The molecule has 0 aliphatic carbocycles. The van der Waals surface area contributed by atoms with Crippen LogP contribution in [0.4, 0.5) is 4.39 Å². The van der Waals surface area contributed by atoms with Gasteiger partial charge in [0, 0.05) is 26.8 Å². The van der Waals surface area contributed by atoms with Gasteiger partial charge in [0.2, 0.25) is 0 Å². The molecule has 0 fully saturated rings. The summed E-state index contributed by atoms with van der Waals surface area (Å²) in [6, 6.07) is 14.7. The van der Waals surface area contributed by atoms with E-state index < -0.39 is 6.29 Å². The summed E-state index contributed by atoms with van der Waals surface area (Å²) in [6.45, 7) is 0.481. The van der Waals surface area contributed by atoms with Crippen LogP contribution >= 0.6 is 0 Å². The van der Waals surface area contributed by atoms with Gasteiger partial charge in [0.1, 0.15) is 11.6 Å². The number of halogens is 1. The lowest BCUT2D eigenvalue weighted by Gasteiger charge is -2.26. The SMILES string of the molecule is COc1cc(F)cc(CNC(Cc2ccccc2)C(OC)OC)c1. The minimum Gasteiger partial charge on any atom is -0.497 e.